The summed E-state index contributed by atoms with van der Waals surface area (Å²) in [6, 6.07) is 0. The van der Waals surface area contributed by atoms with Crippen LogP contribution in [-0.2, 0) is 14.3 Å². The van der Waals surface area contributed by atoms with E-state index in [0.717, 1.165) is 13.2 Å². The molecule has 0 unspecified atom stereocenters. The van der Waals surface area contributed by atoms with E-state index in [1.54, 1.807) is 0 Å². The zero-order valence-corrected chi connectivity index (χ0v) is 9.32. The standard InChI is InChI=1S/C9H10N4O5/c1-11-7(14)6-12-4(8(15)16)3-5(13(6)10)9(17)18-2/h3,14H,1,10H2,2H3,(H,15,16)/b7-6+. The number of nitrogens with zero attached hydrogens (tertiary/aromatic N) is 3. The van der Waals surface area contributed by atoms with Crippen LogP contribution < -0.4 is 5.84 Å². The number of carbonyl (C=O) groups is 2. The number of aliphatic hydroxyl groups excluding tert-OH is 1. The largest absolute Gasteiger partial charge is 0.491 e. The minimum atomic E-state index is -1.40. The Morgan fingerprint density at radius 1 is 1.56 bits per heavy atom. The monoisotopic (exact) mass is 254 g/mol. The van der Waals surface area contributed by atoms with Gasteiger partial charge in [-0.2, -0.15) is 0 Å². The first-order valence-corrected chi connectivity index (χ1v) is 4.49. The van der Waals surface area contributed by atoms with Crippen molar-refractivity contribution < 1.29 is 24.5 Å². The Kier molecular flexibility index (Phi) is 3.79. The van der Waals surface area contributed by atoms with Gasteiger partial charge in [0.2, 0.25) is 5.82 Å². The molecule has 0 aromatic heterocycles. The number of hydrogen-bond donors (Lipinski definition) is 3. The van der Waals surface area contributed by atoms with Crippen molar-refractivity contribution in [2.24, 2.45) is 15.8 Å². The van der Waals surface area contributed by atoms with Crippen LogP contribution in [0.4, 0.5) is 0 Å². The van der Waals surface area contributed by atoms with E-state index in [0.29, 0.717) is 5.01 Å². The maximum Gasteiger partial charge on any atom is 0.356 e. The van der Waals surface area contributed by atoms with Gasteiger partial charge in [-0.1, -0.05) is 0 Å². The van der Waals surface area contributed by atoms with Crippen molar-refractivity contribution in [2.75, 3.05) is 7.11 Å². The van der Waals surface area contributed by atoms with Crippen LogP contribution >= 0.6 is 0 Å². The number of ether oxygens (including phenoxy) is 1. The topological polar surface area (TPSA) is 138 Å². The minimum absolute atomic E-state index is 0.310. The van der Waals surface area contributed by atoms with Crippen LogP contribution in [-0.4, -0.2) is 46.7 Å². The third-order valence-corrected chi connectivity index (χ3v) is 1.95. The van der Waals surface area contributed by atoms with E-state index >= 15 is 0 Å². The predicted molar refractivity (Wildman–Crippen MR) is 60.4 cm³/mol. The first-order valence-electron chi connectivity index (χ1n) is 4.49. The molecular formula is C9H10N4O5. The third kappa shape index (κ3) is 2.35. The van der Waals surface area contributed by atoms with Gasteiger partial charge in [0.05, 0.1) is 7.11 Å². The van der Waals surface area contributed by atoms with Gasteiger partial charge in [-0.3, -0.25) is 5.01 Å². The number of rotatable bonds is 3. The highest BCUT2D eigenvalue weighted by Crippen LogP contribution is 2.19. The van der Waals surface area contributed by atoms with E-state index in [1.807, 2.05) is 0 Å². The molecule has 0 atom stereocenters. The van der Waals surface area contributed by atoms with E-state index < -0.39 is 29.4 Å². The zero-order chi connectivity index (χ0) is 13.9. The van der Waals surface area contributed by atoms with Crippen molar-refractivity contribution in [3.8, 4) is 0 Å². The van der Waals surface area contributed by atoms with Crippen LogP contribution in [0, 0.1) is 0 Å². The summed E-state index contributed by atoms with van der Waals surface area (Å²) in [6.07, 6.45) is 0.911. The second-order valence-corrected chi connectivity index (χ2v) is 3.00. The van der Waals surface area contributed by atoms with Crippen molar-refractivity contribution in [2.45, 2.75) is 0 Å². The predicted octanol–water partition coefficient (Wildman–Crippen LogP) is -0.857. The molecule has 0 aromatic rings. The Labute approximate surface area is 101 Å². The number of esters is 1. The smallest absolute Gasteiger partial charge is 0.356 e. The quantitative estimate of drug-likeness (QED) is 0.258. The lowest BCUT2D eigenvalue weighted by molar-refractivity contribution is -0.137. The molecule has 0 aliphatic carbocycles. The molecule has 96 valence electrons. The molecule has 1 aliphatic heterocycles. The Bertz CT molecular complexity index is 505. The van der Waals surface area contributed by atoms with Crippen LogP contribution in [0.25, 0.3) is 0 Å². The first-order chi connectivity index (χ1) is 8.42. The second kappa shape index (κ2) is 5.10. The minimum Gasteiger partial charge on any atom is -0.491 e. The fourth-order valence-electron chi connectivity index (χ4n) is 1.11. The number of nitrogens with two attached hydrogens (primary N) is 1. The van der Waals surface area contributed by atoms with E-state index in [-0.39, 0.29) is 5.70 Å². The Morgan fingerprint density at radius 3 is 2.61 bits per heavy atom. The van der Waals surface area contributed by atoms with Crippen molar-refractivity contribution >= 4 is 24.4 Å². The van der Waals surface area contributed by atoms with Crippen molar-refractivity contribution in [1.29, 1.82) is 0 Å². The maximum atomic E-state index is 11.4. The van der Waals surface area contributed by atoms with Gasteiger partial charge in [0.15, 0.2) is 5.71 Å². The number of hydrazine groups is 1. The van der Waals surface area contributed by atoms with E-state index in [2.05, 4.69) is 21.4 Å². The van der Waals surface area contributed by atoms with Crippen molar-refractivity contribution in [3.05, 3.63) is 23.5 Å². The fraction of sp³-hybridized carbons (Fsp3) is 0.111. The van der Waals surface area contributed by atoms with Gasteiger partial charge < -0.3 is 14.9 Å². The summed E-state index contributed by atoms with van der Waals surface area (Å²) in [4.78, 5) is 28.9. The number of aliphatic imine (C=N–C) groups is 2. The van der Waals surface area contributed by atoms with Crippen LogP contribution in [0.2, 0.25) is 0 Å². The van der Waals surface area contributed by atoms with Crippen LogP contribution in [0.5, 0.6) is 0 Å². The molecule has 9 heteroatoms. The number of carboxylic acids is 1. The average molecular weight is 254 g/mol. The molecule has 1 heterocycles. The lowest BCUT2D eigenvalue weighted by Crippen LogP contribution is -2.38. The van der Waals surface area contributed by atoms with Crippen LogP contribution in [0.1, 0.15) is 0 Å². The number of aliphatic carboxylic acids is 1. The second-order valence-electron chi connectivity index (χ2n) is 3.00. The van der Waals surface area contributed by atoms with E-state index in [4.69, 9.17) is 10.9 Å². The summed E-state index contributed by atoms with van der Waals surface area (Å²) < 4.78 is 4.42. The van der Waals surface area contributed by atoms with Gasteiger partial charge >= 0.3 is 11.9 Å². The molecule has 0 fully saturated rings. The summed E-state index contributed by atoms with van der Waals surface area (Å²) in [7, 11) is 1.10. The highest BCUT2D eigenvalue weighted by Gasteiger charge is 2.28. The zero-order valence-electron chi connectivity index (χ0n) is 9.32. The summed E-state index contributed by atoms with van der Waals surface area (Å²) in [5, 5.41) is 18.9. The van der Waals surface area contributed by atoms with E-state index in [9.17, 15) is 14.7 Å². The molecule has 9 nitrogen and oxygen atoms in total. The maximum absolute atomic E-state index is 11.4. The lowest BCUT2D eigenvalue weighted by atomic mass is 10.2. The van der Waals surface area contributed by atoms with Gasteiger partial charge in [-0.15, -0.1) is 0 Å². The highest BCUT2D eigenvalue weighted by atomic mass is 16.5. The third-order valence-electron chi connectivity index (χ3n) is 1.95. The molecule has 0 saturated carbocycles. The first kappa shape index (κ1) is 13.4. The molecular weight excluding hydrogens is 244 g/mol. The molecule has 0 radical (unpaired) electrons. The lowest BCUT2D eigenvalue weighted by Gasteiger charge is -2.23. The summed E-state index contributed by atoms with van der Waals surface area (Å²) >= 11 is 0. The molecule has 0 bridgehead atoms. The number of hydrogen-bond acceptors (Lipinski definition) is 8. The highest BCUT2D eigenvalue weighted by molar-refractivity contribution is 6.41. The van der Waals surface area contributed by atoms with Gasteiger partial charge in [-0.25, -0.2) is 25.4 Å². The average Bonchev–Trinajstić information content (AvgIpc) is 2.36. The SMILES string of the molecule is C=N/C(O)=C1/N=C(C(=O)O)C=C(C(=O)OC)N1N. The van der Waals surface area contributed by atoms with Crippen molar-refractivity contribution in [3.63, 3.8) is 0 Å². The Balaban J connectivity index is 3.39. The molecule has 0 saturated heterocycles. The van der Waals surface area contributed by atoms with Gasteiger partial charge in [0.1, 0.15) is 5.70 Å². The van der Waals surface area contributed by atoms with Crippen LogP contribution in [0.15, 0.2) is 33.5 Å². The number of methoxy groups -OCH3 is 1. The fourth-order valence-corrected chi connectivity index (χ4v) is 1.11. The molecule has 0 amide bonds. The number of carbonyl (C=O) groups excluding carboxylic acids is 1. The summed E-state index contributed by atoms with van der Waals surface area (Å²) in [6.45, 7) is 3.04. The Hall–Kier alpha value is -2.68. The van der Waals surface area contributed by atoms with Crippen molar-refractivity contribution in [1.82, 2.24) is 5.01 Å². The number of carboxylic acid groups (broad SMARTS) is 1. The van der Waals surface area contributed by atoms with Gasteiger partial charge in [-0.05, 0) is 6.72 Å². The van der Waals surface area contributed by atoms with Gasteiger partial charge in [0.25, 0.3) is 5.88 Å². The molecule has 4 N–H and O–H groups in total. The number of aliphatic hydroxyl groups is 1. The molecule has 1 rings (SSSR count). The molecule has 0 spiro atoms. The van der Waals surface area contributed by atoms with Crippen LogP contribution in [0.3, 0.4) is 0 Å². The molecule has 1 aliphatic rings. The van der Waals surface area contributed by atoms with Gasteiger partial charge in [0, 0.05) is 6.08 Å². The molecule has 18 heavy (non-hydrogen) atoms. The summed E-state index contributed by atoms with van der Waals surface area (Å²) in [5.74, 6) is 2.06. The summed E-state index contributed by atoms with van der Waals surface area (Å²) in [5.41, 5.74) is -0.808. The Morgan fingerprint density at radius 2 is 2.17 bits per heavy atom. The normalized spacial score (nSPS) is 17.6. The molecule has 0 aromatic carbocycles. The van der Waals surface area contributed by atoms with E-state index in [1.165, 1.54) is 0 Å².